The van der Waals surface area contributed by atoms with Crippen LogP contribution in [0.1, 0.15) is 21.6 Å². The molecule has 3 rings (SSSR count). The zero-order valence-corrected chi connectivity index (χ0v) is 15.3. The number of carbonyl (C=O) groups excluding carboxylic acids is 1. The molecule has 6 heteroatoms. The Balaban J connectivity index is 1.60. The van der Waals surface area contributed by atoms with Crippen LogP contribution in [0.25, 0.3) is 5.69 Å². The van der Waals surface area contributed by atoms with Crippen LogP contribution in [0.5, 0.6) is 5.75 Å². The van der Waals surface area contributed by atoms with Gasteiger partial charge in [-0.3, -0.25) is 4.79 Å². The summed E-state index contributed by atoms with van der Waals surface area (Å²) in [6.45, 7) is 2.31. The minimum absolute atomic E-state index is 0.0449. The largest absolute Gasteiger partial charge is 0.506 e. The summed E-state index contributed by atoms with van der Waals surface area (Å²) in [4.78, 5) is 12.3. The molecule has 0 unspecified atom stereocenters. The predicted octanol–water partition coefficient (Wildman–Crippen LogP) is 3.62. The molecule has 0 radical (unpaired) electrons. The van der Waals surface area contributed by atoms with E-state index in [9.17, 15) is 9.90 Å². The zero-order valence-electron chi connectivity index (χ0n) is 13.7. The maximum atomic E-state index is 12.3. The Labute approximate surface area is 154 Å². The number of carbonyl (C=O) groups is 1. The molecule has 0 spiro atoms. The van der Waals surface area contributed by atoms with E-state index in [4.69, 9.17) is 0 Å². The molecule has 25 heavy (non-hydrogen) atoms. The van der Waals surface area contributed by atoms with E-state index < -0.39 is 0 Å². The number of phenolic OH excluding ortho intramolecular Hbond substituents is 1. The number of amides is 1. The van der Waals surface area contributed by atoms with E-state index >= 15 is 0 Å². The van der Waals surface area contributed by atoms with Gasteiger partial charge in [-0.25, -0.2) is 4.68 Å². The number of halogens is 1. The molecule has 0 atom stereocenters. The number of aryl methyl sites for hydroxylation is 1. The molecule has 3 aromatic rings. The van der Waals surface area contributed by atoms with Gasteiger partial charge in [0.15, 0.2) is 0 Å². The van der Waals surface area contributed by atoms with Crippen LogP contribution in [0.3, 0.4) is 0 Å². The SMILES string of the molecule is Cc1cc(Br)c(O)c(C(=O)NCCc2ccn(-c3ccccc3)n2)c1. The average molecular weight is 400 g/mol. The van der Waals surface area contributed by atoms with Gasteiger partial charge < -0.3 is 10.4 Å². The molecule has 0 aliphatic heterocycles. The van der Waals surface area contributed by atoms with Gasteiger partial charge in [0.05, 0.1) is 21.4 Å². The van der Waals surface area contributed by atoms with Gasteiger partial charge >= 0.3 is 0 Å². The van der Waals surface area contributed by atoms with E-state index in [0.29, 0.717) is 17.4 Å². The number of benzene rings is 2. The maximum absolute atomic E-state index is 12.3. The molecule has 2 aromatic carbocycles. The van der Waals surface area contributed by atoms with Crippen molar-refractivity contribution in [1.82, 2.24) is 15.1 Å². The quantitative estimate of drug-likeness (QED) is 0.688. The number of aromatic hydroxyl groups is 1. The highest BCUT2D eigenvalue weighted by atomic mass is 79.9. The Hall–Kier alpha value is -2.60. The Kier molecular flexibility index (Phi) is 5.19. The number of para-hydroxylation sites is 1. The van der Waals surface area contributed by atoms with Gasteiger partial charge in [-0.2, -0.15) is 5.10 Å². The maximum Gasteiger partial charge on any atom is 0.255 e. The van der Waals surface area contributed by atoms with E-state index in [0.717, 1.165) is 16.9 Å². The molecule has 1 heterocycles. The van der Waals surface area contributed by atoms with Crippen LogP contribution >= 0.6 is 15.9 Å². The molecule has 0 bridgehead atoms. The van der Waals surface area contributed by atoms with Crippen LogP contribution in [0.15, 0.2) is 59.2 Å². The van der Waals surface area contributed by atoms with Gasteiger partial charge in [0.1, 0.15) is 5.75 Å². The van der Waals surface area contributed by atoms with Gasteiger partial charge in [0.25, 0.3) is 5.91 Å². The van der Waals surface area contributed by atoms with Crippen molar-refractivity contribution in [2.75, 3.05) is 6.54 Å². The zero-order chi connectivity index (χ0) is 17.8. The van der Waals surface area contributed by atoms with Crippen LogP contribution < -0.4 is 5.32 Å². The number of phenols is 1. The summed E-state index contributed by atoms with van der Waals surface area (Å²) in [7, 11) is 0. The number of rotatable bonds is 5. The summed E-state index contributed by atoms with van der Waals surface area (Å²) in [5.74, 6) is -0.346. The molecule has 0 saturated heterocycles. The Morgan fingerprint density at radius 3 is 2.76 bits per heavy atom. The van der Waals surface area contributed by atoms with Crippen molar-refractivity contribution in [3.8, 4) is 11.4 Å². The van der Waals surface area contributed by atoms with E-state index in [2.05, 4.69) is 26.3 Å². The molecular formula is C19H18BrN3O2. The van der Waals surface area contributed by atoms with E-state index in [1.54, 1.807) is 16.8 Å². The highest BCUT2D eigenvalue weighted by Gasteiger charge is 2.14. The van der Waals surface area contributed by atoms with Gasteiger partial charge in [0, 0.05) is 19.2 Å². The highest BCUT2D eigenvalue weighted by molar-refractivity contribution is 9.10. The molecule has 1 amide bonds. The molecule has 1 aromatic heterocycles. The number of hydrogen-bond acceptors (Lipinski definition) is 3. The minimum atomic E-state index is -0.301. The van der Waals surface area contributed by atoms with Crippen LogP contribution in [-0.2, 0) is 6.42 Å². The van der Waals surface area contributed by atoms with Crippen LogP contribution in [-0.4, -0.2) is 27.3 Å². The first-order valence-corrected chi connectivity index (χ1v) is 8.71. The molecule has 5 nitrogen and oxygen atoms in total. The molecule has 0 aliphatic carbocycles. The fourth-order valence-corrected chi connectivity index (χ4v) is 3.10. The molecule has 128 valence electrons. The molecule has 0 saturated carbocycles. The van der Waals surface area contributed by atoms with Crippen molar-refractivity contribution in [2.24, 2.45) is 0 Å². The van der Waals surface area contributed by atoms with Crippen molar-refractivity contribution >= 4 is 21.8 Å². The summed E-state index contributed by atoms with van der Waals surface area (Å²) >= 11 is 3.25. The summed E-state index contributed by atoms with van der Waals surface area (Å²) in [5.41, 5.74) is 3.05. The lowest BCUT2D eigenvalue weighted by Gasteiger charge is -2.08. The first-order chi connectivity index (χ1) is 12.0. The first kappa shape index (κ1) is 17.2. The summed E-state index contributed by atoms with van der Waals surface area (Å²) < 4.78 is 2.32. The summed E-state index contributed by atoms with van der Waals surface area (Å²) in [6.07, 6.45) is 2.51. The fraction of sp³-hybridized carbons (Fsp3) is 0.158. The Morgan fingerprint density at radius 1 is 1.24 bits per heavy atom. The van der Waals surface area contributed by atoms with E-state index in [1.165, 1.54) is 0 Å². The monoisotopic (exact) mass is 399 g/mol. The van der Waals surface area contributed by atoms with Crippen molar-refractivity contribution in [3.05, 3.63) is 76.0 Å². The van der Waals surface area contributed by atoms with Gasteiger partial charge in [-0.05, 0) is 58.7 Å². The average Bonchev–Trinajstić information content (AvgIpc) is 3.07. The second-order valence-electron chi connectivity index (χ2n) is 5.74. The van der Waals surface area contributed by atoms with E-state index in [1.807, 2.05) is 49.5 Å². The predicted molar refractivity (Wildman–Crippen MR) is 100 cm³/mol. The smallest absolute Gasteiger partial charge is 0.255 e. The summed E-state index contributed by atoms with van der Waals surface area (Å²) in [6, 6.07) is 15.2. The lowest BCUT2D eigenvalue weighted by Crippen LogP contribution is -2.26. The van der Waals surface area contributed by atoms with Crippen molar-refractivity contribution in [1.29, 1.82) is 0 Å². The second-order valence-corrected chi connectivity index (χ2v) is 6.59. The molecule has 0 fully saturated rings. The highest BCUT2D eigenvalue weighted by Crippen LogP contribution is 2.29. The first-order valence-electron chi connectivity index (χ1n) is 7.92. The van der Waals surface area contributed by atoms with Gasteiger partial charge in [-0.15, -0.1) is 0 Å². The Morgan fingerprint density at radius 2 is 2.00 bits per heavy atom. The second kappa shape index (κ2) is 7.53. The Bertz CT molecular complexity index is 891. The van der Waals surface area contributed by atoms with Crippen molar-refractivity contribution < 1.29 is 9.90 Å². The minimum Gasteiger partial charge on any atom is -0.506 e. The summed E-state index contributed by atoms with van der Waals surface area (Å²) in [5, 5.41) is 17.3. The molecule has 2 N–H and O–H groups in total. The number of aromatic nitrogens is 2. The van der Waals surface area contributed by atoms with Crippen molar-refractivity contribution in [2.45, 2.75) is 13.3 Å². The standard InChI is InChI=1S/C19H18BrN3O2/c1-13-11-16(18(24)17(20)12-13)19(25)21-9-7-14-8-10-23(22-14)15-5-3-2-4-6-15/h2-6,8,10-12,24H,7,9H2,1H3,(H,21,25). The van der Waals surface area contributed by atoms with Crippen molar-refractivity contribution in [3.63, 3.8) is 0 Å². The molecule has 0 aliphatic rings. The van der Waals surface area contributed by atoms with E-state index in [-0.39, 0.29) is 17.2 Å². The third kappa shape index (κ3) is 4.09. The third-order valence-corrected chi connectivity index (χ3v) is 4.39. The number of nitrogens with one attached hydrogen (secondary N) is 1. The van der Waals surface area contributed by atoms with Crippen LogP contribution in [0.4, 0.5) is 0 Å². The van der Waals surface area contributed by atoms with Crippen LogP contribution in [0.2, 0.25) is 0 Å². The van der Waals surface area contributed by atoms with Gasteiger partial charge in [-0.1, -0.05) is 18.2 Å². The number of nitrogens with zero attached hydrogens (tertiary/aromatic N) is 2. The van der Waals surface area contributed by atoms with Gasteiger partial charge in [0.2, 0.25) is 0 Å². The lowest BCUT2D eigenvalue weighted by atomic mass is 10.1. The topological polar surface area (TPSA) is 67.2 Å². The van der Waals surface area contributed by atoms with Crippen LogP contribution in [0, 0.1) is 6.92 Å². The lowest BCUT2D eigenvalue weighted by molar-refractivity contribution is 0.0951. The third-order valence-electron chi connectivity index (χ3n) is 3.78. The molecular weight excluding hydrogens is 382 g/mol. The number of hydrogen-bond donors (Lipinski definition) is 2. The fourth-order valence-electron chi connectivity index (χ4n) is 2.53. The normalized spacial score (nSPS) is 10.6.